The topological polar surface area (TPSA) is 103 Å². The fourth-order valence-electron chi connectivity index (χ4n) is 22.0. The molecule has 0 aliphatic heterocycles. The van der Waals surface area contributed by atoms with E-state index in [1.807, 2.05) is 83.3 Å². The van der Waals surface area contributed by atoms with E-state index in [9.17, 15) is 0 Å². The third-order valence-electron chi connectivity index (χ3n) is 29.1. The van der Waals surface area contributed by atoms with E-state index in [-0.39, 0.29) is 0 Å². The van der Waals surface area contributed by atoms with Crippen molar-refractivity contribution in [2.75, 3.05) is 0 Å². The van der Waals surface area contributed by atoms with Crippen molar-refractivity contribution in [3.05, 3.63) is 479 Å². The van der Waals surface area contributed by atoms with Crippen LogP contribution in [0, 0.1) is 0 Å². The van der Waals surface area contributed by atoms with Gasteiger partial charge in [0.25, 0.3) is 0 Å². The summed E-state index contributed by atoms with van der Waals surface area (Å²) in [5.41, 5.74) is 17.3. The lowest BCUT2D eigenvalue weighted by atomic mass is 9.92. The summed E-state index contributed by atoms with van der Waals surface area (Å²) in [6, 6.07) is 171. The van der Waals surface area contributed by atoms with Crippen LogP contribution in [0.25, 0.3) is 304 Å². The summed E-state index contributed by atoms with van der Waals surface area (Å²) in [5, 5.41) is 36.7. The average molecular weight is 1880 g/mol. The van der Waals surface area contributed by atoms with Gasteiger partial charge in [0.05, 0.1) is 22.4 Å². The molecule has 0 fully saturated rings. The standard InChI is InChI=1S/C49H29N3S.C44H26N2O.C42H24N2S/c1-3-11-31(12-4-1)47-50-48(32-13-5-2-6-14-32)52-49(51-47)43-28-37(26-34-15-7-8-16-38(34)43)33-23-24-39-35(25-33)21-19-30-20-22-36-27-42-40-17-9-10-18-44(40)53-45(42)29-41(36)46(30)39;1-2-9-27(10-3-1)29-11-8-12-32(23-29)43-36-14-4-6-15-39(36)45-44(46-43)33-21-22-34-30(24-33)19-17-28-18-20-31-25-41-38(26-37(31)42(28)34)35-13-5-7-16-40(35)47-41;1-2-8-27-21-30(18-13-25(27)7-1)41-34-10-3-5-11-37(34)43-42(44-41)31-19-20-32-28(22-31)16-14-26-15-17-29-23-39-36(24-35(29)40(26)32)33-9-4-6-12-38(33)45-39/h1-29H;1-26H;1-24H. The highest BCUT2D eigenvalue weighted by Crippen LogP contribution is 2.48. The quantitative estimate of drug-likeness (QED) is 0.132. The van der Waals surface area contributed by atoms with Gasteiger partial charge in [-0.2, -0.15) is 0 Å². The van der Waals surface area contributed by atoms with Crippen molar-refractivity contribution in [3.63, 3.8) is 0 Å². The molecule has 145 heavy (non-hydrogen) atoms. The summed E-state index contributed by atoms with van der Waals surface area (Å²) in [6.07, 6.45) is 0. The van der Waals surface area contributed by atoms with Crippen molar-refractivity contribution in [2.24, 2.45) is 0 Å². The number of thiophene rings is 2. The van der Waals surface area contributed by atoms with Crippen molar-refractivity contribution in [1.82, 2.24) is 34.9 Å². The SMILES string of the molecule is c1ccc(-c2cccc(-c3nc(-c4ccc5c(ccc6ccc7cc8oc9ccccc9c8cc7c65)c4)nc4ccccc34)c2)cc1.c1ccc(-c2nc(-c3ccccc3)nc(-c3cc(-c4ccc5c(ccc6ccc7cc8c(cc7c65)sc5ccccc58)c4)cc4ccccc34)n2)cc1.c1ccc2cc(-c3nc(-c4ccc5c(ccc6ccc7cc8sc9ccccc9c8cc7c65)c4)nc4ccccc34)ccc2c1. The van der Waals surface area contributed by atoms with E-state index in [0.29, 0.717) is 17.5 Å². The van der Waals surface area contributed by atoms with Crippen molar-refractivity contribution < 1.29 is 4.42 Å². The molecule has 10 heteroatoms. The highest BCUT2D eigenvalue weighted by molar-refractivity contribution is 7.26. The molecule has 0 aliphatic carbocycles. The Balaban J connectivity index is 0.000000104. The summed E-state index contributed by atoms with van der Waals surface area (Å²) in [5.74, 6) is 3.42. The number of para-hydroxylation sites is 3. The molecule has 31 aromatic rings. The van der Waals surface area contributed by atoms with Gasteiger partial charge in [0.1, 0.15) is 11.2 Å². The van der Waals surface area contributed by atoms with Crippen molar-refractivity contribution >= 4 is 225 Å². The maximum absolute atomic E-state index is 6.21. The van der Waals surface area contributed by atoms with Gasteiger partial charge in [0.15, 0.2) is 29.1 Å². The smallest absolute Gasteiger partial charge is 0.164 e. The fraction of sp³-hybridized carbons (Fsp3) is 0. The molecule has 0 unspecified atom stereocenters. The molecule has 25 aromatic carbocycles. The Kier molecular flexibility index (Phi) is 19.6. The van der Waals surface area contributed by atoms with Gasteiger partial charge in [-0.25, -0.2) is 34.9 Å². The van der Waals surface area contributed by atoms with E-state index in [1.165, 1.54) is 148 Å². The molecular formula is C135H79N7OS2. The summed E-state index contributed by atoms with van der Waals surface area (Å²) in [6.45, 7) is 0. The predicted octanol–water partition coefficient (Wildman–Crippen LogP) is 37.5. The number of rotatable bonds is 9. The van der Waals surface area contributed by atoms with Crippen LogP contribution in [0.2, 0.25) is 0 Å². The Bertz CT molecular complexity index is 10800. The monoisotopic (exact) mass is 1880 g/mol. The molecule has 0 radical (unpaired) electrons. The first-order valence-corrected chi connectivity index (χ1v) is 50.6. The van der Waals surface area contributed by atoms with E-state index in [2.05, 4.69) is 419 Å². The van der Waals surface area contributed by atoms with Gasteiger partial charge < -0.3 is 4.42 Å². The second-order valence-electron chi connectivity index (χ2n) is 37.6. The van der Waals surface area contributed by atoms with Crippen LogP contribution in [0.4, 0.5) is 0 Å². The minimum absolute atomic E-state index is 0.654. The van der Waals surface area contributed by atoms with Crippen LogP contribution < -0.4 is 0 Å². The van der Waals surface area contributed by atoms with Crippen LogP contribution in [-0.2, 0) is 0 Å². The zero-order valence-electron chi connectivity index (χ0n) is 78.0. The molecule has 0 atom stereocenters. The molecule has 0 saturated carbocycles. The van der Waals surface area contributed by atoms with Gasteiger partial charge in [-0.3, -0.25) is 0 Å². The summed E-state index contributed by atoms with van der Waals surface area (Å²) in [7, 11) is 0. The number of nitrogens with zero attached hydrogens (tertiary/aromatic N) is 7. The zero-order valence-corrected chi connectivity index (χ0v) is 79.6. The number of benzene rings is 25. The third kappa shape index (κ3) is 14.5. The molecule has 0 saturated heterocycles. The van der Waals surface area contributed by atoms with Crippen molar-refractivity contribution in [1.29, 1.82) is 0 Å². The van der Waals surface area contributed by atoms with E-state index < -0.39 is 0 Å². The van der Waals surface area contributed by atoms with Crippen LogP contribution in [0.15, 0.2) is 484 Å². The second kappa shape index (κ2) is 34.1. The number of fused-ring (bicyclic) bond motifs is 28. The molecular weight excluding hydrogens is 1800 g/mol. The van der Waals surface area contributed by atoms with E-state index in [4.69, 9.17) is 39.3 Å². The molecule has 31 rings (SSSR count). The maximum Gasteiger partial charge on any atom is 0.164 e. The van der Waals surface area contributed by atoms with E-state index in [0.717, 1.165) is 139 Å². The number of hydrogen-bond donors (Lipinski definition) is 0. The van der Waals surface area contributed by atoms with Crippen molar-refractivity contribution in [2.45, 2.75) is 0 Å². The molecule has 6 heterocycles. The molecule has 0 spiro atoms. The first-order valence-electron chi connectivity index (χ1n) is 49.0. The predicted molar refractivity (Wildman–Crippen MR) is 613 cm³/mol. The molecule has 6 aromatic heterocycles. The van der Waals surface area contributed by atoms with E-state index >= 15 is 0 Å². The summed E-state index contributed by atoms with van der Waals surface area (Å²) in [4.78, 5) is 35.7. The van der Waals surface area contributed by atoms with Gasteiger partial charge in [-0.1, -0.05) is 370 Å². The zero-order chi connectivity index (χ0) is 95.3. The molecule has 0 aliphatic rings. The largest absolute Gasteiger partial charge is 0.456 e. The first kappa shape index (κ1) is 83.3. The number of aromatic nitrogens is 7. The fourth-order valence-corrected chi connectivity index (χ4v) is 24.3. The minimum atomic E-state index is 0.654. The Labute approximate surface area is 839 Å². The highest BCUT2D eigenvalue weighted by Gasteiger charge is 2.23. The third-order valence-corrected chi connectivity index (χ3v) is 31.3. The molecule has 672 valence electrons. The maximum atomic E-state index is 6.21. The minimum Gasteiger partial charge on any atom is -0.456 e. The molecule has 8 nitrogen and oxygen atoms in total. The highest BCUT2D eigenvalue weighted by atomic mass is 32.1. The van der Waals surface area contributed by atoms with Crippen LogP contribution in [0.1, 0.15) is 0 Å². The Morgan fingerprint density at radius 3 is 1.10 bits per heavy atom. The first-order chi connectivity index (χ1) is 71.8. The van der Waals surface area contributed by atoms with Crippen molar-refractivity contribution in [3.8, 4) is 102 Å². The van der Waals surface area contributed by atoms with Crippen LogP contribution in [0.5, 0.6) is 0 Å². The average Bonchev–Trinajstić information content (AvgIpc) is 1.69. The second-order valence-corrected chi connectivity index (χ2v) is 39.8. The van der Waals surface area contributed by atoms with Gasteiger partial charge in [-0.15, -0.1) is 22.7 Å². The normalized spacial score (nSPS) is 11.9. The molecule has 0 N–H and O–H groups in total. The van der Waals surface area contributed by atoms with E-state index in [1.54, 1.807) is 0 Å². The van der Waals surface area contributed by atoms with Gasteiger partial charge in [0.2, 0.25) is 0 Å². The Morgan fingerprint density at radius 1 is 0.145 bits per heavy atom. The molecule has 0 bridgehead atoms. The lowest BCUT2D eigenvalue weighted by molar-refractivity contribution is 0.669. The van der Waals surface area contributed by atoms with Crippen LogP contribution in [0.3, 0.4) is 0 Å². The van der Waals surface area contributed by atoms with Gasteiger partial charge in [0, 0.05) is 101 Å². The lowest BCUT2D eigenvalue weighted by Crippen LogP contribution is -2.00. The van der Waals surface area contributed by atoms with Crippen LogP contribution >= 0.6 is 22.7 Å². The molecule has 0 amide bonds. The van der Waals surface area contributed by atoms with Crippen LogP contribution in [-0.4, -0.2) is 34.9 Å². The van der Waals surface area contributed by atoms with Gasteiger partial charge in [-0.05, 0) is 250 Å². The number of furan rings is 1. The summed E-state index contributed by atoms with van der Waals surface area (Å²) < 4.78 is 11.5. The Hall–Kier alpha value is -18.7. The number of hydrogen-bond acceptors (Lipinski definition) is 10. The lowest BCUT2D eigenvalue weighted by Gasteiger charge is -2.14. The summed E-state index contributed by atoms with van der Waals surface area (Å²) >= 11 is 3.75. The Morgan fingerprint density at radius 2 is 0.510 bits per heavy atom. The van der Waals surface area contributed by atoms with Gasteiger partial charge >= 0.3 is 0 Å².